The predicted molar refractivity (Wildman–Crippen MR) is 170 cm³/mol. The van der Waals surface area contributed by atoms with Gasteiger partial charge in [-0.15, -0.1) is 0 Å². The van der Waals surface area contributed by atoms with Crippen LogP contribution in [-0.4, -0.2) is 30.1 Å². The molecule has 0 N–H and O–H groups in total. The van der Waals surface area contributed by atoms with E-state index in [2.05, 4.69) is 5.10 Å². The fourth-order valence-corrected chi connectivity index (χ4v) is 5.04. The molecule has 2 aromatic heterocycles. The van der Waals surface area contributed by atoms with E-state index in [1.54, 1.807) is 66.7 Å². The molecule has 0 aliphatic heterocycles. The van der Waals surface area contributed by atoms with E-state index in [9.17, 15) is 4.79 Å². The van der Waals surface area contributed by atoms with Crippen molar-refractivity contribution in [1.82, 2.24) is 9.66 Å². The molecule has 6 rings (SSSR count). The number of rotatable bonds is 8. The number of ether oxygens (including phenoxy) is 3. The highest BCUT2D eigenvalue weighted by molar-refractivity contribution is 6.42. The SMILES string of the molecule is COc1cc(C=Nn2c(-c3cc4cc(Cl)ccc4o3)nc3ccccc3c2=O)cc(OC)c1OCc1ccc(Cl)c(Cl)c1. The third-order valence-corrected chi connectivity index (χ3v) is 7.60. The summed E-state index contributed by atoms with van der Waals surface area (Å²) in [5.74, 6) is 1.78. The molecule has 0 bridgehead atoms. The number of nitrogens with zero attached hydrogens (tertiary/aromatic N) is 3. The topological polar surface area (TPSA) is 88.1 Å². The van der Waals surface area contributed by atoms with Crippen LogP contribution >= 0.6 is 34.8 Å². The monoisotopic (exact) mass is 633 g/mol. The molecule has 4 aromatic carbocycles. The van der Waals surface area contributed by atoms with Gasteiger partial charge in [-0.1, -0.05) is 53.0 Å². The molecule has 0 unspecified atom stereocenters. The number of hydrogen-bond donors (Lipinski definition) is 0. The Labute approximate surface area is 260 Å². The van der Waals surface area contributed by atoms with Crippen LogP contribution in [0.5, 0.6) is 17.2 Å². The van der Waals surface area contributed by atoms with E-state index in [0.29, 0.717) is 60.1 Å². The first-order chi connectivity index (χ1) is 20.8. The number of methoxy groups -OCH3 is 2. The summed E-state index contributed by atoms with van der Waals surface area (Å²) >= 11 is 18.4. The normalized spacial score (nSPS) is 11.5. The highest BCUT2D eigenvalue weighted by Gasteiger charge is 2.18. The summed E-state index contributed by atoms with van der Waals surface area (Å²) in [6, 6.07) is 22.8. The van der Waals surface area contributed by atoms with Gasteiger partial charge in [0.15, 0.2) is 17.3 Å². The van der Waals surface area contributed by atoms with Crippen molar-refractivity contribution in [2.75, 3.05) is 14.2 Å². The molecule has 0 spiro atoms. The second-order valence-corrected chi connectivity index (χ2v) is 10.6. The molecule has 216 valence electrons. The third-order valence-electron chi connectivity index (χ3n) is 6.62. The van der Waals surface area contributed by atoms with E-state index in [4.69, 9.17) is 58.4 Å². The lowest BCUT2D eigenvalue weighted by Crippen LogP contribution is -2.20. The molecule has 0 atom stereocenters. The lowest BCUT2D eigenvalue weighted by Gasteiger charge is -2.15. The second-order valence-electron chi connectivity index (χ2n) is 9.40. The van der Waals surface area contributed by atoms with Gasteiger partial charge in [0.05, 0.1) is 41.4 Å². The number of halogens is 3. The van der Waals surface area contributed by atoms with Gasteiger partial charge >= 0.3 is 0 Å². The number of fused-ring (bicyclic) bond motifs is 2. The molecule has 11 heteroatoms. The molecule has 0 saturated heterocycles. The minimum Gasteiger partial charge on any atom is -0.493 e. The number of aromatic nitrogens is 2. The summed E-state index contributed by atoms with van der Waals surface area (Å²) in [6.45, 7) is 0.196. The number of benzene rings is 4. The van der Waals surface area contributed by atoms with Crippen molar-refractivity contribution in [1.29, 1.82) is 0 Å². The lowest BCUT2D eigenvalue weighted by molar-refractivity contribution is 0.266. The van der Waals surface area contributed by atoms with Crippen molar-refractivity contribution < 1.29 is 18.6 Å². The average molecular weight is 635 g/mol. The Kier molecular flexibility index (Phi) is 7.99. The molecule has 0 radical (unpaired) electrons. The first kappa shape index (κ1) is 28.6. The van der Waals surface area contributed by atoms with Gasteiger partial charge in [0.25, 0.3) is 5.56 Å². The quantitative estimate of drug-likeness (QED) is 0.157. The molecule has 0 fully saturated rings. The van der Waals surface area contributed by atoms with Crippen molar-refractivity contribution in [3.05, 3.63) is 115 Å². The van der Waals surface area contributed by atoms with Crippen LogP contribution in [0.25, 0.3) is 33.5 Å². The van der Waals surface area contributed by atoms with Crippen LogP contribution in [0.4, 0.5) is 0 Å². The molecule has 6 aromatic rings. The molecule has 0 amide bonds. The van der Waals surface area contributed by atoms with Crippen LogP contribution in [0, 0.1) is 0 Å². The van der Waals surface area contributed by atoms with Crippen LogP contribution in [0.3, 0.4) is 0 Å². The van der Waals surface area contributed by atoms with E-state index < -0.39 is 0 Å². The maximum absolute atomic E-state index is 13.6. The van der Waals surface area contributed by atoms with Crippen LogP contribution in [0.15, 0.2) is 93.2 Å². The Morgan fingerprint density at radius 2 is 1.67 bits per heavy atom. The van der Waals surface area contributed by atoms with Crippen molar-refractivity contribution in [2.24, 2.45) is 5.10 Å². The first-order valence-electron chi connectivity index (χ1n) is 12.9. The second kappa shape index (κ2) is 12.0. The summed E-state index contributed by atoms with van der Waals surface area (Å²) in [4.78, 5) is 18.4. The Morgan fingerprint density at radius 1 is 0.907 bits per heavy atom. The largest absolute Gasteiger partial charge is 0.493 e. The zero-order valence-electron chi connectivity index (χ0n) is 22.8. The summed E-state index contributed by atoms with van der Waals surface area (Å²) in [5.41, 5.74) is 2.14. The van der Waals surface area contributed by atoms with Crippen LogP contribution in [0.1, 0.15) is 11.1 Å². The minimum absolute atomic E-state index is 0.196. The molecule has 8 nitrogen and oxygen atoms in total. The number of furan rings is 1. The highest BCUT2D eigenvalue weighted by Crippen LogP contribution is 2.39. The van der Waals surface area contributed by atoms with E-state index in [0.717, 1.165) is 10.9 Å². The Hall–Kier alpha value is -4.50. The smallest absolute Gasteiger partial charge is 0.282 e. The summed E-state index contributed by atoms with van der Waals surface area (Å²) in [7, 11) is 3.04. The lowest BCUT2D eigenvalue weighted by atomic mass is 10.2. The van der Waals surface area contributed by atoms with E-state index in [1.807, 2.05) is 12.1 Å². The van der Waals surface area contributed by atoms with Gasteiger partial charge in [-0.2, -0.15) is 9.78 Å². The molecular weight excluding hydrogens is 613 g/mol. The van der Waals surface area contributed by atoms with Gasteiger partial charge in [-0.25, -0.2) is 4.98 Å². The maximum atomic E-state index is 13.6. The zero-order chi connectivity index (χ0) is 30.1. The standard InChI is InChI=1S/C32H22Cl3N3O5/c1-40-27-12-19(13-28(41-2)30(27)42-17-18-7-9-23(34)24(35)11-18)16-36-38-31(37-25-6-4-3-5-22(25)32(38)39)29-15-20-14-21(33)8-10-26(20)43-29/h3-16H,17H2,1-2H3. The van der Waals surface area contributed by atoms with Gasteiger partial charge in [0.1, 0.15) is 12.2 Å². The zero-order valence-corrected chi connectivity index (χ0v) is 25.1. The summed E-state index contributed by atoms with van der Waals surface area (Å²) < 4.78 is 24.5. The van der Waals surface area contributed by atoms with Crippen molar-refractivity contribution >= 4 is 62.9 Å². The van der Waals surface area contributed by atoms with Gasteiger partial charge in [-0.05, 0) is 66.2 Å². The Morgan fingerprint density at radius 3 is 2.42 bits per heavy atom. The maximum Gasteiger partial charge on any atom is 0.282 e. The van der Waals surface area contributed by atoms with Crippen molar-refractivity contribution in [3.63, 3.8) is 0 Å². The summed E-state index contributed by atoms with van der Waals surface area (Å²) in [5, 5.41) is 7.16. The molecular formula is C32H22Cl3N3O5. The van der Waals surface area contributed by atoms with Gasteiger partial charge < -0.3 is 18.6 Å². The fourth-order valence-electron chi connectivity index (χ4n) is 4.54. The van der Waals surface area contributed by atoms with Gasteiger partial charge in [-0.3, -0.25) is 4.79 Å². The van der Waals surface area contributed by atoms with Gasteiger partial charge in [0, 0.05) is 16.0 Å². The molecule has 0 aliphatic rings. The predicted octanol–water partition coefficient (Wildman–Crippen LogP) is 8.25. The summed E-state index contributed by atoms with van der Waals surface area (Å²) in [6.07, 6.45) is 1.51. The molecule has 0 saturated carbocycles. The number of hydrogen-bond acceptors (Lipinski definition) is 7. The molecule has 0 aliphatic carbocycles. The Balaban J connectivity index is 1.40. The van der Waals surface area contributed by atoms with Crippen molar-refractivity contribution in [3.8, 4) is 28.8 Å². The van der Waals surface area contributed by atoms with Gasteiger partial charge in [0.2, 0.25) is 11.6 Å². The highest BCUT2D eigenvalue weighted by atomic mass is 35.5. The third kappa shape index (κ3) is 5.77. The van der Waals surface area contributed by atoms with Crippen molar-refractivity contribution in [2.45, 2.75) is 6.61 Å². The van der Waals surface area contributed by atoms with Crippen LogP contribution < -0.4 is 19.8 Å². The Bertz CT molecular complexity index is 2060. The fraction of sp³-hybridized carbons (Fsp3) is 0.0938. The first-order valence-corrected chi connectivity index (χ1v) is 14.1. The van der Waals surface area contributed by atoms with E-state index in [1.165, 1.54) is 25.1 Å². The average Bonchev–Trinajstić information content (AvgIpc) is 3.44. The molecule has 2 heterocycles. The molecule has 43 heavy (non-hydrogen) atoms. The van der Waals surface area contributed by atoms with E-state index in [-0.39, 0.29) is 18.0 Å². The van der Waals surface area contributed by atoms with Crippen LogP contribution in [0.2, 0.25) is 15.1 Å². The van der Waals surface area contributed by atoms with Crippen LogP contribution in [-0.2, 0) is 6.61 Å². The van der Waals surface area contributed by atoms with E-state index >= 15 is 0 Å². The minimum atomic E-state index is -0.365. The number of para-hydroxylation sites is 1.